The third-order valence-electron chi connectivity index (χ3n) is 3.85. The Balaban J connectivity index is 1.92. The maximum Gasteiger partial charge on any atom is 0.187 e. The summed E-state index contributed by atoms with van der Waals surface area (Å²) in [5, 5.41) is 3.11. The second-order valence-corrected chi connectivity index (χ2v) is 7.04. The summed E-state index contributed by atoms with van der Waals surface area (Å²) < 4.78 is 5.54. The summed E-state index contributed by atoms with van der Waals surface area (Å²) in [7, 11) is 0. The zero-order chi connectivity index (χ0) is 18.3. The van der Waals surface area contributed by atoms with Crippen LogP contribution in [0.25, 0.3) is 0 Å². The number of rotatable bonds is 7. The van der Waals surface area contributed by atoms with E-state index in [4.69, 9.17) is 4.74 Å². The predicted molar refractivity (Wildman–Crippen MR) is 104 cm³/mol. The molecule has 0 bridgehead atoms. The summed E-state index contributed by atoms with van der Waals surface area (Å²) in [4.78, 5) is 12.2. The van der Waals surface area contributed by atoms with Gasteiger partial charge in [0.05, 0.1) is 6.61 Å². The zero-order valence-electron chi connectivity index (χ0n) is 15.5. The predicted octanol–water partition coefficient (Wildman–Crippen LogP) is 5.58. The minimum atomic E-state index is -0.0177. The molecule has 132 valence electrons. The first-order valence-corrected chi connectivity index (χ1v) is 8.71. The highest BCUT2D eigenvalue weighted by molar-refractivity contribution is 6.04. The van der Waals surface area contributed by atoms with E-state index in [1.807, 2.05) is 48.5 Å². The quantitative estimate of drug-likeness (QED) is 0.529. The maximum atomic E-state index is 12.2. The Bertz CT molecular complexity index is 707. The van der Waals surface area contributed by atoms with Gasteiger partial charge < -0.3 is 10.1 Å². The van der Waals surface area contributed by atoms with E-state index in [1.54, 1.807) is 12.3 Å². The van der Waals surface area contributed by atoms with Crippen molar-refractivity contribution in [1.82, 2.24) is 0 Å². The largest absolute Gasteiger partial charge is 0.494 e. The molecule has 0 saturated carbocycles. The maximum absolute atomic E-state index is 12.2. The van der Waals surface area contributed by atoms with Crippen LogP contribution in [0.3, 0.4) is 0 Å². The molecule has 0 fully saturated rings. The summed E-state index contributed by atoms with van der Waals surface area (Å²) in [6.07, 6.45) is 4.21. The molecule has 25 heavy (non-hydrogen) atoms. The third-order valence-corrected chi connectivity index (χ3v) is 3.85. The number of allylic oxidation sites excluding steroid dienone is 1. The van der Waals surface area contributed by atoms with Gasteiger partial charge in [0.1, 0.15) is 5.75 Å². The van der Waals surface area contributed by atoms with Crippen LogP contribution >= 0.6 is 0 Å². The topological polar surface area (TPSA) is 38.3 Å². The van der Waals surface area contributed by atoms with Crippen LogP contribution in [0.1, 0.15) is 50.0 Å². The minimum Gasteiger partial charge on any atom is -0.494 e. The van der Waals surface area contributed by atoms with Crippen LogP contribution in [0.15, 0.2) is 60.8 Å². The summed E-state index contributed by atoms with van der Waals surface area (Å²) in [6, 6.07) is 15.5. The first-order valence-electron chi connectivity index (χ1n) is 8.71. The van der Waals surface area contributed by atoms with Crippen molar-refractivity contribution >= 4 is 11.5 Å². The van der Waals surface area contributed by atoms with Gasteiger partial charge in [-0.1, -0.05) is 52.0 Å². The first-order chi connectivity index (χ1) is 11.9. The molecule has 0 saturated heterocycles. The molecule has 0 aliphatic carbocycles. The van der Waals surface area contributed by atoms with Gasteiger partial charge in [-0.25, -0.2) is 0 Å². The number of nitrogens with one attached hydrogen (secondary N) is 1. The summed E-state index contributed by atoms with van der Waals surface area (Å²) in [6.45, 7) is 9.27. The molecule has 2 aromatic rings. The lowest BCUT2D eigenvalue weighted by Gasteiger charge is -2.18. The standard InChI is InChI=1S/C22H27NO2/c1-5-16-25-20-12-10-19(11-13-20)23-15-14-21(24)17-6-8-18(9-7-17)22(2,3)4/h6-15,23H,5,16H2,1-4H3/b15-14+. The van der Waals surface area contributed by atoms with Crippen molar-refractivity contribution in [3.63, 3.8) is 0 Å². The fourth-order valence-electron chi connectivity index (χ4n) is 2.31. The average Bonchev–Trinajstić information content (AvgIpc) is 2.60. The molecule has 3 heteroatoms. The van der Waals surface area contributed by atoms with Gasteiger partial charge in [0.2, 0.25) is 0 Å². The first kappa shape index (κ1) is 18.8. The number of hydrogen-bond acceptors (Lipinski definition) is 3. The van der Waals surface area contributed by atoms with Crippen molar-refractivity contribution in [3.05, 3.63) is 71.9 Å². The normalized spacial score (nSPS) is 11.5. The van der Waals surface area contributed by atoms with Crippen molar-refractivity contribution in [2.24, 2.45) is 0 Å². The smallest absolute Gasteiger partial charge is 0.187 e. The van der Waals surface area contributed by atoms with E-state index in [0.717, 1.165) is 24.5 Å². The van der Waals surface area contributed by atoms with E-state index in [0.29, 0.717) is 5.56 Å². The molecule has 0 aliphatic heterocycles. The Morgan fingerprint density at radius 2 is 1.68 bits per heavy atom. The van der Waals surface area contributed by atoms with Crippen molar-refractivity contribution in [3.8, 4) is 5.75 Å². The van der Waals surface area contributed by atoms with E-state index < -0.39 is 0 Å². The van der Waals surface area contributed by atoms with Gasteiger partial charge in [0, 0.05) is 23.5 Å². The van der Waals surface area contributed by atoms with E-state index in [2.05, 4.69) is 33.0 Å². The van der Waals surface area contributed by atoms with Gasteiger partial charge in [-0.2, -0.15) is 0 Å². The number of ketones is 1. The van der Waals surface area contributed by atoms with Gasteiger partial charge >= 0.3 is 0 Å². The molecule has 2 aromatic carbocycles. The summed E-state index contributed by atoms with van der Waals surface area (Å²) in [5.74, 6) is 0.835. The average molecular weight is 337 g/mol. The summed E-state index contributed by atoms with van der Waals surface area (Å²) >= 11 is 0. The Kier molecular flexibility index (Phi) is 6.40. The molecule has 0 heterocycles. The van der Waals surface area contributed by atoms with Gasteiger partial charge in [-0.3, -0.25) is 4.79 Å². The highest BCUT2D eigenvalue weighted by atomic mass is 16.5. The van der Waals surface area contributed by atoms with E-state index in [9.17, 15) is 4.79 Å². The molecule has 0 aromatic heterocycles. The highest BCUT2D eigenvalue weighted by Gasteiger charge is 2.13. The molecule has 0 unspecified atom stereocenters. The molecule has 0 aliphatic rings. The number of anilines is 1. The van der Waals surface area contributed by atoms with Crippen LogP contribution < -0.4 is 10.1 Å². The zero-order valence-corrected chi connectivity index (χ0v) is 15.5. The van der Waals surface area contributed by atoms with Crippen LogP contribution in [0.4, 0.5) is 5.69 Å². The number of carbonyl (C=O) groups is 1. The van der Waals surface area contributed by atoms with Crippen molar-refractivity contribution in [2.45, 2.75) is 39.5 Å². The molecule has 0 spiro atoms. The van der Waals surface area contributed by atoms with E-state index in [1.165, 1.54) is 5.56 Å². The molecule has 3 nitrogen and oxygen atoms in total. The number of carbonyl (C=O) groups excluding carboxylic acids is 1. The molecule has 1 N–H and O–H groups in total. The number of ether oxygens (including phenoxy) is 1. The Morgan fingerprint density at radius 1 is 1.04 bits per heavy atom. The summed E-state index contributed by atoms with van der Waals surface area (Å²) in [5.41, 5.74) is 2.91. The van der Waals surface area contributed by atoms with Crippen molar-refractivity contribution < 1.29 is 9.53 Å². The molecule has 0 amide bonds. The highest BCUT2D eigenvalue weighted by Crippen LogP contribution is 2.22. The van der Waals surface area contributed by atoms with E-state index in [-0.39, 0.29) is 11.2 Å². The fourth-order valence-corrected chi connectivity index (χ4v) is 2.31. The number of benzene rings is 2. The molecular formula is C22H27NO2. The monoisotopic (exact) mass is 337 g/mol. The van der Waals surface area contributed by atoms with Crippen molar-refractivity contribution in [2.75, 3.05) is 11.9 Å². The van der Waals surface area contributed by atoms with Crippen molar-refractivity contribution in [1.29, 1.82) is 0 Å². The molecule has 0 atom stereocenters. The lowest BCUT2D eigenvalue weighted by atomic mass is 9.86. The Labute approximate surface area is 150 Å². The number of hydrogen-bond donors (Lipinski definition) is 1. The lowest BCUT2D eigenvalue weighted by molar-refractivity contribution is 0.104. The van der Waals surface area contributed by atoms with Gasteiger partial charge in [-0.05, 0) is 41.7 Å². The van der Waals surface area contributed by atoms with Crippen LogP contribution in [0.5, 0.6) is 5.75 Å². The Morgan fingerprint density at radius 3 is 2.24 bits per heavy atom. The minimum absolute atomic E-state index is 0.0177. The van der Waals surface area contributed by atoms with Crippen LogP contribution in [-0.2, 0) is 5.41 Å². The fraction of sp³-hybridized carbons (Fsp3) is 0.318. The second kappa shape index (κ2) is 8.52. The van der Waals surface area contributed by atoms with Gasteiger partial charge in [-0.15, -0.1) is 0 Å². The van der Waals surface area contributed by atoms with Crippen LogP contribution in [0.2, 0.25) is 0 Å². The van der Waals surface area contributed by atoms with Gasteiger partial charge in [0.15, 0.2) is 5.78 Å². The third kappa shape index (κ3) is 5.79. The Hall–Kier alpha value is -2.55. The lowest BCUT2D eigenvalue weighted by Crippen LogP contribution is -2.11. The molecule has 0 radical (unpaired) electrons. The SMILES string of the molecule is CCCOc1ccc(N/C=C/C(=O)c2ccc(C(C)(C)C)cc2)cc1. The molecular weight excluding hydrogens is 310 g/mol. The molecule has 2 rings (SSSR count). The van der Waals surface area contributed by atoms with Gasteiger partial charge in [0.25, 0.3) is 0 Å². The second-order valence-electron chi connectivity index (χ2n) is 7.04. The van der Waals surface area contributed by atoms with Crippen LogP contribution in [0, 0.1) is 0 Å². The van der Waals surface area contributed by atoms with E-state index >= 15 is 0 Å². The van der Waals surface area contributed by atoms with Crippen LogP contribution in [-0.4, -0.2) is 12.4 Å².